The molecule has 2 N–H and O–H groups in total. The van der Waals surface area contributed by atoms with Crippen LogP contribution in [0.25, 0.3) is 0 Å². The SMILES string of the molecule is CO[C@H]1C[C@@H](C(N)=O)N(Cc2ccc(F)c(C#N)c2)C1. The monoisotopic (exact) mass is 277 g/mol. The summed E-state index contributed by atoms with van der Waals surface area (Å²) < 4.78 is 18.5. The topological polar surface area (TPSA) is 79.3 Å². The fourth-order valence-corrected chi connectivity index (χ4v) is 2.49. The smallest absolute Gasteiger partial charge is 0.234 e. The Labute approximate surface area is 116 Å². The van der Waals surface area contributed by atoms with Crippen molar-refractivity contribution >= 4 is 5.91 Å². The highest BCUT2D eigenvalue weighted by Gasteiger charge is 2.35. The molecule has 106 valence electrons. The van der Waals surface area contributed by atoms with Crippen LogP contribution in [0.5, 0.6) is 0 Å². The van der Waals surface area contributed by atoms with E-state index >= 15 is 0 Å². The van der Waals surface area contributed by atoms with Crippen LogP contribution in [-0.2, 0) is 16.1 Å². The van der Waals surface area contributed by atoms with E-state index in [4.69, 9.17) is 15.7 Å². The summed E-state index contributed by atoms with van der Waals surface area (Å²) in [5.74, 6) is -0.939. The molecule has 0 spiro atoms. The van der Waals surface area contributed by atoms with Crippen molar-refractivity contribution in [3.8, 4) is 6.07 Å². The molecule has 1 amide bonds. The minimum absolute atomic E-state index is 0.000568. The number of nitriles is 1. The van der Waals surface area contributed by atoms with E-state index in [0.29, 0.717) is 19.5 Å². The van der Waals surface area contributed by atoms with E-state index in [1.54, 1.807) is 19.2 Å². The predicted molar refractivity (Wildman–Crippen MR) is 69.9 cm³/mol. The van der Waals surface area contributed by atoms with Gasteiger partial charge in [-0.3, -0.25) is 9.69 Å². The summed E-state index contributed by atoms with van der Waals surface area (Å²) in [6.07, 6.45) is 0.515. The van der Waals surface area contributed by atoms with Gasteiger partial charge in [0.15, 0.2) is 0 Å². The number of carbonyl (C=O) groups is 1. The first kappa shape index (κ1) is 14.4. The first-order valence-electron chi connectivity index (χ1n) is 6.30. The van der Waals surface area contributed by atoms with Crippen molar-refractivity contribution in [2.75, 3.05) is 13.7 Å². The van der Waals surface area contributed by atoms with Gasteiger partial charge in [0.25, 0.3) is 0 Å². The largest absolute Gasteiger partial charge is 0.380 e. The Kier molecular flexibility index (Phi) is 4.32. The van der Waals surface area contributed by atoms with E-state index < -0.39 is 17.8 Å². The van der Waals surface area contributed by atoms with Crippen LogP contribution in [0.2, 0.25) is 0 Å². The van der Waals surface area contributed by atoms with E-state index in [1.807, 2.05) is 4.90 Å². The molecule has 20 heavy (non-hydrogen) atoms. The zero-order valence-electron chi connectivity index (χ0n) is 11.2. The molecule has 6 heteroatoms. The quantitative estimate of drug-likeness (QED) is 0.881. The summed E-state index contributed by atoms with van der Waals surface area (Å²) in [5.41, 5.74) is 6.16. The molecule has 0 unspecified atom stereocenters. The maximum atomic E-state index is 13.3. The summed E-state index contributed by atoms with van der Waals surface area (Å²) in [7, 11) is 1.60. The van der Waals surface area contributed by atoms with Crippen LogP contribution in [0.1, 0.15) is 17.5 Å². The van der Waals surface area contributed by atoms with Crippen molar-refractivity contribution in [3.63, 3.8) is 0 Å². The highest BCUT2D eigenvalue weighted by molar-refractivity contribution is 5.80. The summed E-state index contributed by atoms with van der Waals surface area (Å²) in [6.45, 7) is 1.02. The molecule has 1 saturated heterocycles. The molecule has 1 fully saturated rings. The number of methoxy groups -OCH3 is 1. The maximum Gasteiger partial charge on any atom is 0.234 e. The average Bonchev–Trinajstić information content (AvgIpc) is 2.84. The third kappa shape index (κ3) is 2.95. The van der Waals surface area contributed by atoms with Crippen molar-refractivity contribution in [1.29, 1.82) is 5.26 Å². The number of nitrogens with two attached hydrogens (primary N) is 1. The number of nitrogens with zero attached hydrogens (tertiary/aromatic N) is 2. The van der Waals surface area contributed by atoms with Gasteiger partial charge >= 0.3 is 0 Å². The summed E-state index contributed by atoms with van der Waals surface area (Å²) >= 11 is 0. The summed E-state index contributed by atoms with van der Waals surface area (Å²) in [6, 6.07) is 5.77. The number of ether oxygens (including phenoxy) is 1. The van der Waals surface area contributed by atoms with Gasteiger partial charge in [0.2, 0.25) is 5.91 Å². The van der Waals surface area contributed by atoms with Crippen LogP contribution in [0, 0.1) is 17.1 Å². The van der Waals surface area contributed by atoms with Gasteiger partial charge in [-0.1, -0.05) is 6.07 Å². The van der Waals surface area contributed by atoms with Gasteiger partial charge in [0.1, 0.15) is 11.9 Å². The molecule has 1 aliphatic rings. The third-order valence-electron chi connectivity index (χ3n) is 3.56. The number of hydrogen-bond donors (Lipinski definition) is 1. The number of carbonyl (C=O) groups excluding carboxylic acids is 1. The van der Waals surface area contributed by atoms with Gasteiger partial charge in [0, 0.05) is 20.2 Å². The van der Waals surface area contributed by atoms with Gasteiger partial charge < -0.3 is 10.5 Å². The maximum absolute atomic E-state index is 13.3. The summed E-state index contributed by atoms with van der Waals surface area (Å²) in [5, 5.41) is 8.83. The lowest BCUT2D eigenvalue weighted by molar-refractivity contribution is -0.122. The van der Waals surface area contributed by atoms with E-state index in [1.165, 1.54) is 12.1 Å². The Morgan fingerprint density at radius 3 is 3.00 bits per heavy atom. The number of halogens is 1. The number of primary amides is 1. The molecule has 2 rings (SSSR count). The molecule has 0 aromatic heterocycles. The Hall–Kier alpha value is -1.97. The zero-order chi connectivity index (χ0) is 14.7. The highest BCUT2D eigenvalue weighted by atomic mass is 19.1. The van der Waals surface area contributed by atoms with Crippen LogP contribution < -0.4 is 5.73 Å². The van der Waals surface area contributed by atoms with E-state index in [0.717, 1.165) is 5.56 Å². The number of hydrogen-bond acceptors (Lipinski definition) is 4. The molecule has 1 aromatic rings. The molecule has 0 aliphatic carbocycles. The molecular formula is C14H16FN3O2. The third-order valence-corrected chi connectivity index (χ3v) is 3.56. The molecule has 1 aromatic carbocycles. The van der Waals surface area contributed by atoms with Crippen LogP contribution in [0.3, 0.4) is 0 Å². The lowest BCUT2D eigenvalue weighted by Gasteiger charge is -2.21. The van der Waals surface area contributed by atoms with Crippen molar-refractivity contribution in [2.45, 2.75) is 25.1 Å². The van der Waals surface area contributed by atoms with E-state index in [9.17, 15) is 9.18 Å². The van der Waals surface area contributed by atoms with Gasteiger partial charge in [0.05, 0.1) is 17.7 Å². The van der Waals surface area contributed by atoms with Crippen LogP contribution >= 0.6 is 0 Å². The molecule has 1 heterocycles. The standard InChI is InChI=1S/C14H16FN3O2/c1-20-11-5-13(14(17)19)18(8-11)7-9-2-3-12(15)10(4-9)6-16/h2-4,11,13H,5,7-8H2,1H3,(H2,17,19)/t11-,13-/m0/s1. The minimum atomic E-state index is -0.543. The summed E-state index contributed by atoms with van der Waals surface area (Å²) in [4.78, 5) is 13.3. The fraction of sp³-hybridized carbons (Fsp3) is 0.429. The molecular weight excluding hydrogens is 261 g/mol. The normalized spacial score (nSPS) is 22.6. The van der Waals surface area contributed by atoms with Crippen molar-refractivity contribution < 1.29 is 13.9 Å². The highest BCUT2D eigenvalue weighted by Crippen LogP contribution is 2.22. The van der Waals surface area contributed by atoms with Crippen molar-refractivity contribution in [3.05, 3.63) is 35.1 Å². The second-order valence-electron chi connectivity index (χ2n) is 4.87. The lowest BCUT2D eigenvalue weighted by atomic mass is 10.1. The first-order chi connectivity index (χ1) is 9.55. The van der Waals surface area contributed by atoms with Crippen molar-refractivity contribution in [1.82, 2.24) is 4.90 Å². The van der Waals surface area contributed by atoms with Crippen molar-refractivity contribution in [2.24, 2.45) is 5.73 Å². The Morgan fingerprint density at radius 2 is 2.40 bits per heavy atom. The van der Waals surface area contributed by atoms with Gasteiger partial charge in [-0.2, -0.15) is 5.26 Å². The Bertz CT molecular complexity index is 556. The average molecular weight is 277 g/mol. The number of rotatable bonds is 4. The van der Waals surface area contributed by atoms with Gasteiger partial charge in [-0.05, 0) is 24.1 Å². The fourth-order valence-electron chi connectivity index (χ4n) is 2.49. The van der Waals surface area contributed by atoms with E-state index in [2.05, 4.69) is 0 Å². The van der Waals surface area contributed by atoms with Crippen LogP contribution in [0.4, 0.5) is 4.39 Å². The lowest BCUT2D eigenvalue weighted by Crippen LogP contribution is -2.39. The van der Waals surface area contributed by atoms with Gasteiger partial charge in [-0.25, -0.2) is 4.39 Å². The molecule has 0 saturated carbocycles. The Morgan fingerprint density at radius 1 is 1.65 bits per heavy atom. The predicted octanol–water partition coefficient (Wildman–Crippen LogP) is 0.772. The second-order valence-corrected chi connectivity index (χ2v) is 4.87. The molecule has 0 radical (unpaired) electrons. The van der Waals surface area contributed by atoms with Crippen LogP contribution in [0.15, 0.2) is 18.2 Å². The van der Waals surface area contributed by atoms with E-state index in [-0.39, 0.29) is 11.7 Å². The first-order valence-corrected chi connectivity index (χ1v) is 6.30. The molecule has 2 atom stereocenters. The second kappa shape index (κ2) is 5.99. The molecule has 1 aliphatic heterocycles. The molecule has 5 nitrogen and oxygen atoms in total. The minimum Gasteiger partial charge on any atom is -0.380 e. The van der Waals surface area contributed by atoms with Crippen LogP contribution in [-0.4, -0.2) is 36.6 Å². The molecule has 0 bridgehead atoms. The zero-order valence-corrected chi connectivity index (χ0v) is 11.2. The van der Waals surface area contributed by atoms with Gasteiger partial charge in [-0.15, -0.1) is 0 Å². The number of benzene rings is 1. The Balaban J connectivity index is 2.16. The number of likely N-dealkylation sites (tertiary alicyclic amines) is 1. The number of amides is 1.